The van der Waals surface area contributed by atoms with Gasteiger partial charge in [-0.3, -0.25) is 0 Å². The summed E-state index contributed by atoms with van der Waals surface area (Å²) in [6.45, 7) is 1.92. The lowest BCUT2D eigenvalue weighted by Gasteiger charge is -2.08. The highest BCUT2D eigenvalue weighted by Crippen LogP contribution is 2.26. The first kappa shape index (κ1) is 16.7. The molecule has 128 valence electrons. The lowest BCUT2D eigenvalue weighted by Crippen LogP contribution is -1.94. The van der Waals surface area contributed by atoms with Crippen LogP contribution >= 0.6 is 0 Å². The van der Waals surface area contributed by atoms with Crippen molar-refractivity contribution in [3.63, 3.8) is 0 Å². The average Bonchev–Trinajstić information content (AvgIpc) is 2.74. The molecule has 4 rings (SSSR count). The average molecular weight is 347 g/mol. The number of benzene rings is 3. The summed E-state index contributed by atoms with van der Waals surface area (Å²) >= 11 is 0. The molecule has 0 saturated carbocycles. The Hall–Kier alpha value is -3.77. The highest BCUT2D eigenvalue weighted by atomic mass is 14.9. The second-order valence-corrected chi connectivity index (χ2v) is 6.32. The van der Waals surface area contributed by atoms with E-state index in [1.165, 1.54) is 0 Å². The van der Waals surface area contributed by atoms with E-state index in [1.54, 1.807) is 0 Å². The van der Waals surface area contributed by atoms with Gasteiger partial charge in [0.05, 0.1) is 23.0 Å². The molecule has 27 heavy (non-hydrogen) atoms. The number of aryl methyl sites for hydroxylation is 1. The Balaban J connectivity index is 1.68. The van der Waals surface area contributed by atoms with E-state index in [9.17, 15) is 0 Å². The number of nitrogens with zero attached hydrogens (tertiary/aromatic N) is 3. The first-order chi connectivity index (χ1) is 13.2. The first-order valence-corrected chi connectivity index (χ1v) is 8.75. The van der Waals surface area contributed by atoms with Crippen LogP contribution in [0.4, 0.5) is 0 Å². The first-order valence-electron chi connectivity index (χ1n) is 8.75. The summed E-state index contributed by atoms with van der Waals surface area (Å²) in [6, 6.07) is 30.2. The van der Waals surface area contributed by atoms with Gasteiger partial charge in [-0.1, -0.05) is 66.7 Å². The van der Waals surface area contributed by atoms with Crippen molar-refractivity contribution in [3.05, 3.63) is 96.3 Å². The lowest BCUT2D eigenvalue weighted by atomic mass is 10.0. The molecule has 0 amide bonds. The Kier molecular flexibility index (Phi) is 4.47. The van der Waals surface area contributed by atoms with E-state index in [0.717, 1.165) is 39.5 Å². The Morgan fingerprint density at radius 2 is 1.11 bits per heavy atom. The third-order valence-electron chi connectivity index (χ3n) is 4.44. The van der Waals surface area contributed by atoms with Crippen LogP contribution in [0.5, 0.6) is 0 Å². The zero-order chi connectivity index (χ0) is 18.6. The molecule has 0 fully saturated rings. The van der Waals surface area contributed by atoms with Crippen LogP contribution in [0.15, 0.2) is 84.9 Å². The number of rotatable bonds is 3. The lowest BCUT2D eigenvalue weighted by molar-refractivity contribution is 1.06. The van der Waals surface area contributed by atoms with Crippen molar-refractivity contribution in [3.8, 4) is 39.7 Å². The van der Waals surface area contributed by atoms with E-state index in [1.807, 2.05) is 55.5 Å². The molecule has 1 aromatic heterocycles. The van der Waals surface area contributed by atoms with E-state index in [4.69, 9.17) is 5.26 Å². The zero-order valence-electron chi connectivity index (χ0n) is 14.9. The van der Waals surface area contributed by atoms with Gasteiger partial charge >= 0.3 is 0 Å². The van der Waals surface area contributed by atoms with Crippen LogP contribution in [0, 0.1) is 18.3 Å². The van der Waals surface area contributed by atoms with E-state index in [2.05, 4.69) is 52.4 Å². The second kappa shape index (κ2) is 7.23. The van der Waals surface area contributed by atoms with Gasteiger partial charge in [-0.25, -0.2) is 9.97 Å². The van der Waals surface area contributed by atoms with Gasteiger partial charge in [-0.15, -0.1) is 0 Å². The minimum Gasteiger partial charge on any atom is -0.233 e. The fourth-order valence-electron chi connectivity index (χ4n) is 3.04. The second-order valence-electron chi connectivity index (χ2n) is 6.32. The SMILES string of the molecule is Cc1nc(-c2ccccc2)cc(-c2ccc(-c3ccc(C#N)cc3)cc2)n1. The van der Waals surface area contributed by atoms with Crippen LogP contribution in [0.2, 0.25) is 0 Å². The molecule has 0 unspecified atom stereocenters. The highest BCUT2D eigenvalue weighted by Gasteiger charge is 2.07. The molecule has 3 nitrogen and oxygen atoms in total. The fraction of sp³-hybridized carbons (Fsp3) is 0.0417. The topological polar surface area (TPSA) is 49.6 Å². The summed E-state index contributed by atoms with van der Waals surface area (Å²) in [5, 5.41) is 8.93. The summed E-state index contributed by atoms with van der Waals surface area (Å²) in [4.78, 5) is 9.18. The van der Waals surface area contributed by atoms with Gasteiger partial charge < -0.3 is 0 Å². The smallest absolute Gasteiger partial charge is 0.126 e. The molecule has 0 atom stereocenters. The van der Waals surface area contributed by atoms with Crippen LogP contribution in [0.3, 0.4) is 0 Å². The van der Waals surface area contributed by atoms with E-state index >= 15 is 0 Å². The Morgan fingerprint density at radius 3 is 1.67 bits per heavy atom. The van der Waals surface area contributed by atoms with Gasteiger partial charge in [-0.2, -0.15) is 5.26 Å². The predicted octanol–water partition coefficient (Wildman–Crippen LogP) is 5.66. The quantitative estimate of drug-likeness (QED) is 0.480. The third-order valence-corrected chi connectivity index (χ3v) is 4.44. The Morgan fingerprint density at radius 1 is 0.630 bits per heavy atom. The van der Waals surface area contributed by atoms with Gasteiger partial charge in [0.15, 0.2) is 0 Å². The van der Waals surface area contributed by atoms with E-state index in [0.29, 0.717) is 5.56 Å². The van der Waals surface area contributed by atoms with Gasteiger partial charge in [-0.05, 0) is 36.2 Å². The van der Waals surface area contributed by atoms with Crippen LogP contribution in [-0.2, 0) is 0 Å². The molecular weight excluding hydrogens is 330 g/mol. The van der Waals surface area contributed by atoms with Gasteiger partial charge in [0.2, 0.25) is 0 Å². The van der Waals surface area contributed by atoms with E-state index < -0.39 is 0 Å². The molecule has 0 radical (unpaired) electrons. The maximum absolute atomic E-state index is 8.93. The maximum atomic E-state index is 8.93. The summed E-state index contributed by atoms with van der Waals surface area (Å²) in [6.07, 6.45) is 0. The molecule has 0 N–H and O–H groups in total. The largest absolute Gasteiger partial charge is 0.233 e. The Bertz CT molecular complexity index is 1110. The molecule has 1 heterocycles. The molecule has 4 aromatic rings. The van der Waals surface area contributed by atoms with Crippen molar-refractivity contribution < 1.29 is 0 Å². The minimum absolute atomic E-state index is 0.667. The monoisotopic (exact) mass is 347 g/mol. The Labute approximate surface area is 158 Å². The molecular formula is C24H17N3. The molecule has 0 spiro atoms. The zero-order valence-corrected chi connectivity index (χ0v) is 14.9. The normalized spacial score (nSPS) is 10.4. The summed E-state index contributed by atoms with van der Waals surface area (Å²) < 4.78 is 0. The van der Waals surface area contributed by atoms with Crippen molar-refractivity contribution in [1.82, 2.24) is 9.97 Å². The fourth-order valence-corrected chi connectivity index (χ4v) is 3.04. The maximum Gasteiger partial charge on any atom is 0.126 e. The number of nitriles is 1. The standard InChI is InChI=1S/C24H17N3/c1-17-26-23(21-5-3-2-4-6-21)15-24(27-17)22-13-11-20(12-14-22)19-9-7-18(16-25)8-10-19/h2-15H,1H3. The van der Waals surface area contributed by atoms with Gasteiger partial charge in [0.25, 0.3) is 0 Å². The molecule has 3 heteroatoms. The van der Waals surface area contributed by atoms with Crippen LogP contribution < -0.4 is 0 Å². The molecule has 3 aromatic carbocycles. The number of hydrogen-bond acceptors (Lipinski definition) is 3. The van der Waals surface area contributed by atoms with Crippen LogP contribution in [-0.4, -0.2) is 9.97 Å². The molecule has 0 aliphatic rings. The van der Waals surface area contributed by atoms with Crippen LogP contribution in [0.25, 0.3) is 33.6 Å². The highest BCUT2D eigenvalue weighted by molar-refractivity contribution is 5.71. The van der Waals surface area contributed by atoms with E-state index in [-0.39, 0.29) is 0 Å². The van der Waals surface area contributed by atoms with Crippen LogP contribution in [0.1, 0.15) is 11.4 Å². The van der Waals surface area contributed by atoms with Crippen molar-refractivity contribution in [1.29, 1.82) is 5.26 Å². The van der Waals surface area contributed by atoms with Crippen molar-refractivity contribution in [2.45, 2.75) is 6.92 Å². The van der Waals surface area contributed by atoms with Crippen molar-refractivity contribution in [2.24, 2.45) is 0 Å². The molecule has 0 aliphatic carbocycles. The van der Waals surface area contributed by atoms with Crippen molar-refractivity contribution >= 4 is 0 Å². The number of hydrogen-bond donors (Lipinski definition) is 0. The summed E-state index contributed by atoms with van der Waals surface area (Å²) in [5.74, 6) is 0.752. The van der Waals surface area contributed by atoms with Gasteiger partial charge in [0, 0.05) is 11.1 Å². The minimum atomic E-state index is 0.667. The summed E-state index contributed by atoms with van der Waals surface area (Å²) in [7, 11) is 0. The number of aromatic nitrogens is 2. The molecule has 0 saturated heterocycles. The summed E-state index contributed by atoms with van der Waals surface area (Å²) in [5.41, 5.74) is 6.83. The molecule has 0 bridgehead atoms. The van der Waals surface area contributed by atoms with Crippen molar-refractivity contribution in [2.75, 3.05) is 0 Å². The third kappa shape index (κ3) is 3.61. The molecule has 0 aliphatic heterocycles. The van der Waals surface area contributed by atoms with Gasteiger partial charge in [0.1, 0.15) is 5.82 Å². The predicted molar refractivity (Wildman–Crippen MR) is 108 cm³/mol.